The maximum absolute atomic E-state index is 13.1. The summed E-state index contributed by atoms with van der Waals surface area (Å²) in [5.74, 6) is 0.0817. The van der Waals surface area contributed by atoms with Gasteiger partial charge in [-0.3, -0.25) is 0 Å². The molecule has 0 amide bonds. The van der Waals surface area contributed by atoms with E-state index in [0.29, 0.717) is 11.3 Å². The third-order valence-electron chi connectivity index (χ3n) is 2.58. The third-order valence-corrected chi connectivity index (χ3v) is 2.58. The fourth-order valence-electron chi connectivity index (χ4n) is 1.64. The third kappa shape index (κ3) is 3.68. The minimum atomic E-state index is -0.781. The van der Waals surface area contributed by atoms with Crippen LogP contribution in [-0.2, 0) is 4.74 Å². The second kappa shape index (κ2) is 6.52. The number of hydrogen-bond donors (Lipinski definition) is 0. The fraction of sp³-hybridized carbons (Fsp3) is 0.0625. The van der Waals surface area contributed by atoms with E-state index in [1.54, 1.807) is 42.5 Å². The Morgan fingerprint density at radius 3 is 2.65 bits per heavy atom. The average molecular weight is 272 g/mol. The molecule has 0 radical (unpaired) electrons. The lowest BCUT2D eigenvalue weighted by molar-refractivity contribution is 0.121. The van der Waals surface area contributed by atoms with Crippen molar-refractivity contribution < 1.29 is 18.7 Å². The van der Waals surface area contributed by atoms with E-state index in [4.69, 9.17) is 4.74 Å². The summed E-state index contributed by atoms with van der Waals surface area (Å²) in [6.45, 7) is 0. The van der Waals surface area contributed by atoms with Gasteiger partial charge in [-0.15, -0.1) is 0 Å². The minimum absolute atomic E-state index is 0.300. The second-order valence-electron chi connectivity index (χ2n) is 3.98. The lowest BCUT2D eigenvalue weighted by Gasteiger charge is -2.05. The predicted octanol–water partition coefficient (Wildman–Crippen LogP) is 4.14. The molecule has 2 rings (SSSR count). The molecule has 0 bridgehead atoms. The Morgan fingerprint density at radius 1 is 1.10 bits per heavy atom. The minimum Gasteiger partial charge on any atom is -0.437 e. The van der Waals surface area contributed by atoms with E-state index < -0.39 is 6.16 Å². The molecule has 0 aromatic heterocycles. The van der Waals surface area contributed by atoms with Gasteiger partial charge in [-0.25, -0.2) is 9.18 Å². The summed E-state index contributed by atoms with van der Waals surface area (Å²) in [6.07, 6.45) is 2.70. The first kappa shape index (κ1) is 13.8. The highest BCUT2D eigenvalue weighted by Crippen LogP contribution is 2.21. The van der Waals surface area contributed by atoms with Crippen molar-refractivity contribution in [3.05, 3.63) is 65.5 Å². The lowest BCUT2D eigenvalue weighted by Crippen LogP contribution is -2.07. The molecule has 0 heterocycles. The molecule has 102 valence electrons. The van der Waals surface area contributed by atoms with Gasteiger partial charge in [0.05, 0.1) is 7.11 Å². The Balaban J connectivity index is 2.22. The van der Waals surface area contributed by atoms with Crippen LogP contribution < -0.4 is 4.74 Å². The van der Waals surface area contributed by atoms with Crippen LogP contribution in [0, 0.1) is 5.82 Å². The lowest BCUT2D eigenvalue weighted by atomic mass is 10.1. The van der Waals surface area contributed by atoms with Crippen LogP contribution in [0.3, 0.4) is 0 Å². The topological polar surface area (TPSA) is 35.5 Å². The summed E-state index contributed by atoms with van der Waals surface area (Å²) in [5, 5.41) is 0. The zero-order valence-corrected chi connectivity index (χ0v) is 10.9. The standard InChI is InChI=1S/C16H13FO3/c1-19-16(18)20-15-8-3-2-6-13(15)10-9-12-5-4-7-14(17)11-12/h2-11H,1H3. The van der Waals surface area contributed by atoms with E-state index in [2.05, 4.69) is 4.74 Å². The first-order valence-corrected chi connectivity index (χ1v) is 5.97. The van der Waals surface area contributed by atoms with Gasteiger partial charge in [0.1, 0.15) is 11.6 Å². The Morgan fingerprint density at radius 2 is 1.90 bits per heavy atom. The molecular formula is C16H13FO3. The van der Waals surface area contributed by atoms with Crippen LogP contribution in [0.1, 0.15) is 11.1 Å². The van der Waals surface area contributed by atoms with Crippen LogP contribution in [0.15, 0.2) is 48.5 Å². The smallest absolute Gasteiger partial charge is 0.437 e. The molecule has 4 heteroatoms. The second-order valence-corrected chi connectivity index (χ2v) is 3.98. The summed E-state index contributed by atoms with van der Waals surface area (Å²) in [6, 6.07) is 13.2. The van der Waals surface area contributed by atoms with E-state index in [1.165, 1.54) is 19.2 Å². The van der Waals surface area contributed by atoms with Crippen molar-refractivity contribution in [3.8, 4) is 5.75 Å². The Labute approximate surface area is 116 Å². The number of hydrogen-bond acceptors (Lipinski definition) is 3. The van der Waals surface area contributed by atoms with Crippen LogP contribution in [-0.4, -0.2) is 13.3 Å². The molecule has 0 spiro atoms. The van der Waals surface area contributed by atoms with Crippen LogP contribution >= 0.6 is 0 Å². The van der Waals surface area contributed by atoms with Gasteiger partial charge in [0.15, 0.2) is 0 Å². The van der Waals surface area contributed by atoms with Crippen molar-refractivity contribution in [2.24, 2.45) is 0 Å². The Kier molecular flexibility index (Phi) is 4.50. The van der Waals surface area contributed by atoms with Crippen LogP contribution in [0.25, 0.3) is 12.2 Å². The molecule has 2 aromatic rings. The van der Waals surface area contributed by atoms with Gasteiger partial charge in [-0.2, -0.15) is 0 Å². The SMILES string of the molecule is COC(=O)Oc1ccccc1C=Cc1cccc(F)c1. The highest BCUT2D eigenvalue weighted by atomic mass is 19.1. The van der Waals surface area contributed by atoms with Crippen molar-refractivity contribution in [2.45, 2.75) is 0 Å². The highest BCUT2D eigenvalue weighted by Gasteiger charge is 2.06. The molecule has 20 heavy (non-hydrogen) atoms. The van der Waals surface area contributed by atoms with Crippen molar-refractivity contribution in [3.63, 3.8) is 0 Å². The Bertz CT molecular complexity index is 635. The van der Waals surface area contributed by atoms with Crippen molar-refractivity contribution >= 4 is 18.3 Å². The molecule has 0 unspecified atom stereocenters. The predicted molar refractivity (Wildman–Crippen MR) is 74.8 cm³/mol. The molecule has 0 saturated heterocycles. The Hall–Kier alpha value is -2.62. The van der Waals surface area contributed by atoms with Crippen LogP contribution in [0.2, 0.25) is 0 Å². The monoisotopic (exact) mass is 272 g/mol. The highest BCUT2D eigenvalue weighted by molar-refractivity contribution is 5.74. The maximum Gasteiger partial charge on any atom is 0.513 e. The number of rotatable bonds is 3. The van der Waals surface area contributed by atoms with Gasteiger partial charge in [0.25, 0.3) is 0 Å². The van der Waals surface area contributed by atoms with E-state index >= 15 is 0 Å². The number of ether oxygens (including phenoxy) is 2. The first-order chi connectivity index (χ1) is 9.69. The van der Waals surface area contributed by atoms with E-state index in [-0.39, 0.29) is 5.82 Å². The van der Waals surface area contributed by atoms with E-state index in [9.17, 15) is 9.18 Å². The van der Waals surface area contributed by atoms with Gasteiger partial charge in [0, 0.05) is 5.56 Å². The number of para-hydroxylation sites is 1. The van der Waals surface area contributed by atoms with Crippen LogP contribution in [0.5, 0.6) is 5.75 Å². The summed E-state index contributed by atoms with van der Waals surface area (Å²) in [5.41, 5.74) is 1.42. The largest absolute Gasteiger partial charge is 0.513 e. The number of carbonyl (C=O) groups excluding carboxylic acids is 1. The molecule has 3 nitrogen and oxygen atoms in total. The van der Waals surface area contributed by atoms with Crippen molar-refractivity contribution in [2.75, 3.05) is 7.11 Å². The van der Waals surface area contributed by atoms with Gasteiger partial charge < -0.3 is 9.47 Å². The molecule has 0 N–H and O–H groups in total. The van der Waals surface area contributed by atoms with Crippen molar-refractivity contribution in [1.29, 1.82) is 0 Å². The van der Waals surface area contributed by atoms with Gasteiger partial charge in [-0.05, 0) is 23.8 Å². The van der Waals surface area contributed by atoms with Gasteiger partial charge >= 0.3 is 6.16 Å². The molecule has 0 aliphatic rings. The maximum atomic E-state index is 13.1. The first-order valence-electron chi connectivity index (χ1n) is 5.97. The normalized spacial score (nSPS) is 10.5. The zero-order chi connectivity index (χ0) is 14.4. The van der Waals surface area contributed by atoms with Gasteiger partial charge in [-0.1, -0.05) is 42.5 Å². The average Bonchev–Trinajstić information content (AvgIpc) is 2.46. The molecule has 0 atom stereocenters. The molecule has 0 saturated carbocycles. The summed E-state index contributed by atoms with van der Waals surface area (Å²) in [4.78, 5) is 11.1. The van der Waals surface area contributed by atoms with Crippen molar-refractivity contribution in [1.82, 2.24) is 0 Å². The summed E-state index contributed by atoms with van der Waals surface area (Å²) < 4.78 is 22.5. The number of halogens is 1. The number of benzene rings is 2. The quantitative estimate of drug-likeness (QED) is 0.478. The molecule has 0 fully saturated rings. The number of methoxy groups -OCH3 is 1. The van der Waals surface area contributed by atoms with Crippen LogP contribution in [0.4, 0.5) is 9.18 Å². The van der Waals surface area contributed by atoms with E-state index in [1.807, 2.05) is 6.07 Å². The summed E-state index contributed by atoms with van der Waals surface area (Å²) >= 11 is 0. The summed E-state index contributed by atoms with van der Waals surface area (Å²) in [7, 11) is 1.24. The van der Waals surface area contributed by atoms with E-state index in [0.717, 1.165) is 5.56 Å². The zero-order valence-electron chi connectivity index (χ0n) is 10.9. The molecule has 2 aromatic carbocycles. The molecule has 0 aliphatic carbocycles. The fourth-order valence-corrected chi connectivity index (χ4v) is 1.64. The number of carbonyl (C=O) groups is 1. The van der Waals surface area contributed by atoms with Gasteiger partial charge in [0.2, 0.25) is 0 Å². The molecule has 0 aliphatic heterocycles. The molecular weight excluding hydrogens is 259 g/mol.